The number of amides is 3. The number of nitrogens with zero attached hydrogens (tertiary/aromatic N) is 6. The molecule has 1 aromatic heterocycles. The Morgan fingerprint density at radius 1 is 1.05 bits per heavy atom. The number of aromatic nitrogens is 3. The zero-order chi connectivity index (χ0) is 30.6. The van der Waals surface area contributed by atoms with Crippen molar-refractivity contribution in [1.29, 1.82) is 0 Å². The van der Waals surface area contributed by atoms with Crippen LogP contribution in [0.15, 0.2) is 72.8 Å². The monoisotopic (exact) mass is 598 g/mol. The van der Waals surface area contributed by atoms with E-state index in [1.807, 2.05) is 73.7 Å². The number of carbonyl (C=O) groups is 3. The predicted molar refractivity (Wildman–Crippen MR) is 159 cm³/mol. The van der Waals surface area contributed by atoms with Gasteiger partial charge in [-0.15, -0.1) is 5.10 Å². The molecule has 1 N–H and O–H groups in total. The minimum Gasteiger partial charge on any atom is -0.494 e. The van der Waals surface area contributed by atoms with Gasteiger partial charge in [0.15, 0.2) is 0 Å². The summed E-state index contributed by atoms with van der Waals surface area (Å²) in [6.07, 6.45) is 6.61. The Labute approximate surface area is 254 Å². The number of ether oxygens (including phenoxy) is 2. The number of para-hydroxylation sites is 1. The molecule has 1 spiro atoms. The van der Waals surface area contributed by atoms with Crippen molar-refractivity contribution in [3.8, 4) is 5.75 Å². The van der Waals surface area contributed by atoms with Crippen LogP contribution >= 0.6 is 0 Å². The fraction of sp³-hybridized carbons (Fsp3) is 0.406. The Balaban J connectivity index is 1.25. The summed E-state index contributed by atoms with van der Waals surface area (Å²) >= 11 is 0. The average Bonchev–Trinajstić information content (AvgIpc) is 3.59. The lowest BCUT2D eigenvalue weighted by molar-refractivity contribution is -0.151. The lowest BCUT2D eigenvalue weighted by Gasteiger charge is -2.37. The van der Waals surface area contributed by atoms with Crippen molar-refractivity contribution in [3.63, 3.8) is 0 Å². The van der Waals surface area contributed by atoms with E-state index in [2.05, 4.69) is 10.3 Å². The fourth-order valence-corrected chi connectivity index (χ4v) is 7.12. The Morgan fingerprint density at radius 3 is 2.61 bits per heavy atom. The summed E-state index contributed by atoms with van der Waals surface area (Å²) in [5, 5.41) is 18.7. The smallest absolute Gasteiger partial charge is 0.250 e. The maximum atomic E-state index is 14.5. The highest BCUT2D eigenvalue weighted by molar-refractivity contribution is 6.04. The second-order valence-electron chi connectivity index (χ2n) is 11.6. The molecule has 7 rings (SSSR count). The molecule has 2 saturated heterocycles. The van der Waals surface area contributed by atoms with Crippen LogP contribution in [0.25, 0.3) is 11.0 Å². The van der Waals surface area contributed by atoms with Gasteiger partial charge in [0.2, 0.25) is 11.8 Å². The number of fused-ring (bicyclic) bond motifs is 3. The molecule has 2 fully saturated rings. The third-order valence-corrected chi connectivity index (χ3v) is 9.10. The number of likely N-dealkylation sites (tertiary alicyclic amines) is 1. The van der Waals surface area contributed by atoms with Gasteiger partial charge in [-0.1, -0.05) is 41.7 Å². The molecule has 1 unspecified atom stereocenters. The second-order valence-corrected chi connectivity index (χ2v) is 11.6. The molecule has 6 atom stereocenters. The van der Waals surface area contributed by atoms with Crippen LogP contribution in [0.2, 0.25) is 0 Å². The van der Waals surface area contributed by atoms with Crippen LogP contribution in [0, 0.1) is 11.8 Å². The van der Waals surface area contributed by atoms with Crippen molar-refractivity contribution in [2.24, 2.45) is 11.8 Å². The normalized spacial score (nSPS) is 28.6. The molecule has 0 radical (unpaired) electrons. The standard InChI is InChI=1S/C32H34N6O6/c1-3-43-22-13-11-21(12-14-22)36-17-6-10-25-26(29(36)40)27-30(41)38(20(2)18-39)28-31(42)35(16-7-15-32(27,28)44-25)19-37-24-9-5-4-8-23(24)33-34-37/h4-15,20,25-28,39H,3,16-19H2,1-2H3/t20-,25-,26+,27+,28?,32+/m1/s1. The van der Waals surface area contributed by atoms with Gasteiger partial charge in [-0.3, -0.25) is 14.4 Å². The van der Waals surface area contributed by atoms with E-state index >= 15 is 0 Å². The number of carbonyl (C=O) groups excluding carboxylic acids is 3. The van der Waals surface area contributed by atoms with E-state index in [9.17, 15) is 19.5 Å². The number of hydrogen-bond donors (Lipinski definition) is 1. The van der Waals surface area contributed by atoms with E-state index in [4.69, 9.17) is 9.47 Å². The van der Waals surface area contributed by atoms with E-state index in [1.54, 1.807) is 27.5 Å². The van der Waals surface area contributed by atoms with Crippen molar-refractivity contribution in [2.45, 2.75) is 44.3 Å². The van der Waals surface area contributed by atoms with Gasteiger partial charge in [0.05, 0.1) is 42.7 Å². The summed E-state index contributed by atoms with van der Waals surface area (Å²) in [5.74, 6) is -2.11. The SMILES string of the molecule is CCOc1ccc(N2CC=C[C@H]3O[C@]45C=CCN(Cn6nnc7ccccc76)C(=O)C4N([C@H](C)CO)C(=O)[C@@H]5[C@H]3C2=O)cc1. The van der Waals surface area contributed by atoms with Gasteiger partial charge in [-0.25, -0.2) is 4.68 Å². The second kappa shape index (κ2) is 10.9. The molecule has 2 aromatic carbocycles. The molecule has 44 heavy (non-hydrogen) atoms. The highest BCUT2D eigenvalue weighted by Crippen LogP contribution is 2.54. The summed E-state index contributed by atoms with van der Waals surface area (Å²) in [6.45, 7) is 4.44. The first kappa shape index (κ1) is 28.2. The van der Waals surface area contributed by atoms with Crippen LogP contribution in [0.4, 0.5) is 5.69 Å². The summed E-state index contributed by atoms with van der Waals surface area (Å²) in [6, 6.07) is 13.0. The zero-order valence-electron chi connectivity index (χ0n) is 24.5. The molecular formula is C32H34N6O6. The van der Waals surface area contributed by atoms with Gasteiger partial charge >= 0.3 is 0 Å². The lowest BCUT2D eigenvalue weighted by Crippen LogP contribution is -2.57. The summed E-state index contributed by atoms with van der Waals surface area (Å²) in [4.78, 5) is 47.8. The van der Waals surface area contributed by atoms with Gasteiger partial charge in [0.25, 0.3) is 5.91 Å². The Morgan fingerprint density at radius 2 is 1.84 bits per heavy atom. The number of rotatable bonds is 7. The van der Waals surface area contributed by atoms with E-state index in [-0.39, 0.29) is 37.5 Å². The number of hydrogen-bond acceptors (Lipinski definition) is 8. The molecule has 228 valence electrons. The number of benzene rings is 2. The third-order valence-electron chi connectivity index (χ3n) is 9.10. The van der Waals surface area contributed by atoms with Crippen molar-refractivity contribution in [2.75, 3.05) is 31.2 Å². The minimum atomic E-state index is -1.39. The van der Waals surface area contributed by atoms with E-state index < -0.39 is 35.6 Å². The van der Waals surface area contributed by atoms with Crippen LogP contribution < -0.4 is 9.64 Å². The maximum absolute atomic E-state index is 14.5. The maximum Gasteiger partial charge on any atom is 0.250 e. The van der Waals surface area contributed by atoms with E-state index in [0.29, 0.717) is 30.1 Å². The average molecular weight is 599 g/mol. The van der Waals surface area contributed by atoms with Crippen molar-refractivity contribution in [1.82, 2.24) is 24.8 Å². The van der Waals surface area contributed by atoms with Gasteiger partial charge in [0.1, 0.15) is 29.6 Å². The Hall–Kier alpha value is -4.55. The van der Waals surface area contributed by atoms with Gasteiger partial charge in [0, 0.05) is 18.8 Å². The lowest BCUT2D eigenvalue weighted by atomic mass is 9.77. The largest absolute Gasteiger partial charge is 0.494 e. The molecule has 3 aromatic rings. The molecule has 4 aliphatic heterocycles. The molecule has 0 aliphatic carbocycles. The first-order valence-corrected chi connectivity index (χ1v) is 14.9. The highest BCUT2D eigenvalue weighted by atomic mass is 16.5. The van der Waals surface area contributed by atoms with Gasteiger partial charge in [-0.2, -0.15) is 0 Å². The zero-order valence-corrected chi connectivity index (χ0v) is 24.5. The van der Waals surface area contributed by atoms with Crippen LogP contribution in [-0.4, -0.2) is 97.7 Å². The topological polar surface area (TPSA) is 130 Å². The number of aliphatic hydroxyl groups excluding tert-OH is 1. The van der Waals surface area contributed by atoms with E-state index in [0.717, 1.165) is 5.52 Å². The molecule has 0 saturated carbocycles. The van der Waals surface area contributed by atoms with Crippen LogP contribution in [0.3, 0.4) is 0 Å². The van der Waals surface area contributed by atoms with Crippen LogP contribution in [-0.2, 0) is 25.8 Å². The minimum absolute atomic E-state index is 0.105. The van der Waals surface area contributed by atoms with Gasteiger partial charge in [-0.05, 0) is 50.2 Å². The first-order valence-electron chi connectivity index (χ1n) is 14.9. The van der Waals surface area contributed by atoms with Crippen LogP contribution in [0.1, 0.15) is 13.8 Å². The highest BCUT2D eigenvalue weighted by Gasteiger charge is 2.72. The molecule has 5 heterocycles. The molecule has 4 aliphatic rings. The fourth-order valence-electron chi connectivity index (χ4n) is 7.12. The molecule has 0 bridgehead atoms. The molecular weight excluding hydrogens is 564 g/mol. The van der Waals surface area contributed by atoms with Crippen molar-refractivity contribution >= 4 is 34.4 Å². The predicted octanol–water partition coefficient (Wildman–Crippen LogP) is 1.75. The summed E-state index contributed by atoms with van der Waals surface area (Å²) in [5.41, 5.74) is 0.753. The Kier molecular flexibility index (Phi) is 6.97. The van der Waals surface area contributed by atoms with Crippen molar-refractivity contribution in [3.05, 3.63) is 72.8 Å². The Bertz CT molecular complexity index is 1670. The molecule has 12 heteroatoms. The number of anilines is 1. The molecule has 12 nitrogen and oxygen atoms in total. The summed E-state index contributed by atoms with van der Waals surface area (Å²) < 4.78 is 13.9. The third kappa shape index (κ3) is 4.23. The quantitative estimate of drug-likeness (QED) is 0.407. The summed E-state index contributed by atoms with van der Waals surface area (Å²) in [7, 11) is 0. The van der Waals surface area contributed by atoms with Gasteiger partial charge < -0.3 is 29.3 Å². The van der Waals surface area contributed by atoms with Crippen molar-refractivity contribution < 1.29 is 29.0 Å². The molecule has 3 amide bonds. The first-order chi connectivity index (χ1) is 21.4. The number of aliphatic hydroxyl groups is 1. The van der Waals surface area contributed by atoms with Crippen LogP contribution in [0.5, 0.6) is 5.75 Å². The van der Waals surface area contributed by atoms with E-state index in [1.165, 1.54) is 4.90 Å².